The molecule has 0 amide bonds. The van der Waals surface area contributed by atoms with Gasteiger partial charge in [0.15, 0.2) is 17.4 Å². The summed E-state index contributed by atoms with van der Waals surface area (Å²) in [6, 6.07) is 2.70. The predicted octanol–water partition coefficient (Wildman–Crippen LogP) is 5.13. The van der Waals surface area contributed by atoms with E-state index in [-0.39, 0.29) is 16.6 Å². The summed E-state index contributed by atoms with van der Waals surface area (Å²) in [5.41, 5.74) is 4.19. The largest absolute Gasteiger partial charge is 0.344 e. The van der Waals surface area contributed by atoms with Crippen molar-refractivity contribution in [2.75, 3.05) is 0 Å². The molecule has 1 heterocycles. The van der Waals surface area contributed by atoms with Crippen molar-refractivity contribution in [1.82, 2.24) is 10.0 Å². The number of aromatic nitrogens is 1. The lowest BCUT2D eigenvalue weighted by atomic mass is 9.75. The third-order valence-corrected chi connectivity index (χ3v) is 5.31. The second-order valence-corrected chi connectivity index (χ2v) is 8.20. The van der Waals surface area contributed by atoms with Crippen molar-refractivity contribution in [3.05, 3.63) is 47.3 Å². The normalized spacial score (nSPS) is 15.8. The number of rotatable bonds is 7. The van der Waals surface area contributed by atoms with Crippen molar-refractivity contribution in [2.45, 2.75) is 58.9 Å². The van der Waals surface area contributed by atoms with Crippen molar-refractivity contribution >= 4 is 16.7 Å². The van der Waals surface area contributed by atoms with E-state index in [4.69, 9.17) is 5.21 Å². The molecule has 27 heavy (non-hydrogen) atoms. The van der Waals surface area contributed by atoms with E-state index in [1.807, 2.05) is 23.9 Å². The van der Waals surface area contributed by atoms with Gasteiger partial charge >= 0.3 is 0 Å². The van der Waals surface area contributed by atoms with Crippen LogP contribution in [0, 0.1) is 17.0 Å². The van der Waals surface area contributed by atoms with Crippen LogP contribution < -0.4 is 5.48 Å². The van der Waals surface area contributed by atoms with Crippen LogP contribution in [0.4, 0.5) is 8.78 Å². The smallest absolute Gasteiger partial charge is 0.168 e. The first-order valence-corrected chi connectivity index (χ1v) is 9.35. The number of Topliss-reactive ketones (excluding diaryl/α,β-unsaturated/α-hetero) is 1. The van der Waals surface area contributed by atoms with Gasteiger partial charge in [-0.1, -0.05) is 26.8 Å². The quantitative estimate of drug-likeness (QED) is 0.520. The standard InChI is InChI=1S/C21H26F2N2O2/c1-13(24-27)7-5-4-6-10-25-15-9-8-14(22)20(23)19(15)18-16(25)11-21(2,3)12-17(18)26/h8-9,24,27H,1,4-7,10-12H2,2-3H3. The molecule has 0 spiro atoms. The molecule has 1 aliphatic carbocycles. The monoisotopic (exact) mass is 376 g/mol. The van der Waals surface area contributed by atoms with E-state index in [0.29, 0.717) is 42.6 Å². The Hall–Kier alpha value is -2.21. The second-order valence-electron chi connectivity index (χ2n) is 8.20. The van der Waals surface area contributed by atoms with Crippen LogP contribution in [-0.2, 0) is 13.0 Å². The number of ketones is 1. The molecule has 1 aromatic carbocycles. The van der Waals surface area contributed by atoms with Crippen molar-refractivity contribution in [1.29, 1.82) is 0 Å². The van der Waals surface area contributed by atoms with E-state index in [9.17, 15) is 13.6 Å². The van der Waals surface area contributed by atoms with Crippen LogP contribution in [0.5, 0.6) is 0 Å². The third-order valence-electron chi connectivity index (χ3n) is 5.31. The van der Waals surface area contributed by atoms with Gasteiger partial charge in [-0.3, -0.25) is 15.5 Å². The summed E-state index contributed by atoms with van der Waals surface area (Å²) in [5.74, 6) is -1.96. The van der Waals surface area contributed by atoms with Crippen LogP contribution in [0.15, 0.2) is 24.4 Å². The average molecular weight is 376 g/mol. The fourth-order valence-corrected chi connectivity index (χ4v) is 4.05. The molecule has 0 saturated heterocycles. The molecule has 6 heteroatoms. The maximum Gasteiger partial charge on any atom is 0.168 e. The topological polar surface area (TPSA) is 54.3 Å². The molecule has 0 atom stereocenters. The summed E-state index contributed by atoms with van der Waals surface area (Å²) in [6.07, 6.45) is 4.27. The highest BCUT2D eigenvalue weighted by Gasteiger charge is 2.36. The maximum absolute atomic E-state index is 14.6. The zero-order valence-corrected chi connectivity index (χ0v) is 15.9. The average Bonchev–Trinajstić information content (AvgIpc) is 2.90. The van der Waals surface area contributed by atoms with E-state index in [2.05, 4.69) is 6.58 Å². The lowest BCUT2D eigenvalue weighted by molar-refractivity contribution is 0.0911. The summed E-state index contributed by atoms with van der Waals surface area (Å²) in [7, 11) is 0. The van der Waals surface area contributed by atoms with E-state index in [1.165, 1.54) is 0 Å². The van der Waals surface area contributed by atoms with Gasteiger partial charge in [0.25, 0.3) is 0 Å². The summed E-state index contributed by atoms with van der Waals surface area (Å²) >= 11 is 0. The highest BCUT2D eigenvalue weighted by atomic mass is 19.2. The first-order chi connectivity index (χ1) is 12.7. The molecule has 0 bridgehead atoms. The molecular weight excluding hydrogens is 350 g/mol. The first-order valence-electron chi connectivity index (χ1n) is 9.35. The van der Waals surface area contributed by atoms with Crippen LogP contribution in [0.1, 0.15) is 62.0 Å². The predicted molar refractivity (Wildman–Crippen MR) is 101 cm³/mol. The van der Waals surface area contributed by atoms with Gasteiger partial charge in [-0.25, -0.2) is 8.78 Å². The van der Waals surface area contributed by atoms with Crippen LogP contribution in [-0.4, -0.2) is 15.6 Å². The van der Waals surface area contributed by atoms with Crippen molar-refractivity contribution < 1.29 is 18.8 Å². The minimum absolute atomic E-state index is 0.111. The molecule has 2 N–H and O–H groups in total. The Morgan fingerprint density at radius 3 is 2.70 bits per heavy atom. The number of benzene rings is 1. The summed E-state index contributed by atoms with van der Waals surface area (Å²) in [6.45, 7) is 8.37. The maximum atomic E-state index is 14.6. The summed E-state index contributed by atoms with van der Waals surface area (Å²) in [5, 5.41) is 8.89. The van der Waals surface area contributed by atoms with E-state index in [0.717, 1.165) is 31.0 Å². The molecule has 146 valence electrons. The van der Waals surface area contributed by atoms with Crippen molar-refractivity contribution in [3.8, 4) is 0 Å². The van der Waals surface area contributed by atoms with Gasteiger partial charge in [0, 0.05) is 35.3 Å². The van der Waals surface area contributed by atoms with Crippen LogP contribution in [0.3, 0.4) is 0 Å². The minimum atomic E-state index is -0.930. The number of carbonyl (C=O) groups is 1. The van der Waals surface area contributed by atoms with Crippen LogP contribution in [0.2, 0.25) is 0 Å². The highest BCUT2D eigenvalue weighted by molar-refractivity contribution is 6.10. The number of hydroxylamine groups is 1. The molecule has 0 saturated carbocycles. The molecule has 4 nitrogen and oxygen atoms in total. The number of halogens is 2. The number of hydrogen-bond donors (Lipinski definition) is 2. The first kappa shape index (κ1) is 19.5. The third kappa shape index (κ3) is 3.76. The van der Waals surface area contributed by atoms with Gasteiger partial charge in [0.2, 0.25) is 0 Å². The van der Waals surface area contributed by atoms with Crippen molar-refractivity contribution in [3.63, 3.8) is 0 Å². The lowest BCUT2D eigenvalue weighted by Crippen LogP contribution is -2.28. The Labute approximate surface area is 157 Å². The second kappa shape index (κ2) is 7.43. The summed E-state index contributed by atoms with van der Waals surface area (Å²) in [4.78, 5) is 12.7. The molecule has 0 fully saturated rings. The number of nitrogens with one attached hydrogen (secondary N) is 1. The number of hydrogen-bond acceptors (Lipinski definition) is 3. The van der Waals surface area contributed by atoms with Gasteiger partial charge in [-0.15, -0.1) is 0 Å². The Bertz CT molecular complexity index is 899. The number of carbonyl (C=O) groups excluding carboxylic acids is 1. The molecule has 1 aliphatic rings. The molecule has 1 aromatic heterocycles. The number of fused-ring (bicyclic) bond motifs is 3. The highest BCUT2D eigenvalue weighted by Crippen LogP contribution is 2.41. The number of unbranched alkanes of at least 4 members (excludes halogenated alkanes) is 2. The van der Waals surface area contributed by atoms with Crippen molar-refractivity contribution in [2.24, 2.45) is 5.41 Å². The zero-order valence-electron chi connectivity index (χ0n) is 15.9. The molecule has 0 radical (unpaired) electrons. The SMILES string of the molecule is C=C(CCCCCn1c2c(c3c(F)c(F)ccc31)C(=O)CC(C)(C)C2)NO. The van der Waals surface area contributed by atoms with Gasteiger partial charge in [0.05, 0.1) is 5.52 Å². The van der Waals surface area contributed by atoms with E-state index in [1.54, 1.807) is 6.07 Å². The molecular formula is C21H26F2N2O2. The number of nitrogens with zero attached hydrogens (tertiary/aromatic N) is 1. The Balaban J connectivity index is 1.94. The van der Waals surface area contributed by atoms with E-state index >= 15 is 0 Å². The Morgan fingerprint density at radius 1 is 1.26 bits per heavy atom. The van der Waals surface area contributed by atoms with Crippen LogP contribution in [0.25, 0.3) is 10.9 Å². The Kier molecular flexibility index (Phi) is 5.38. The molecule has 0 unspecified atom stereocenters. The van der Waals surface area contributed by atoms with Gasteiger partial charge in [0.1, 0.15) is 0 Å². The summed E-state index contributed by atoms with van der Waals surface area (Å²) < 4.78 is 30.4. The molecule has 0 aliphatic heterocycles. The van der Waals surface area contributed by atoms with Gasteiger partial charge < -0.3 is 4.57 Å². The van der Waals surface area contributed by atoms with Crippen LogP contribution >= 0.6 is 0 Å². The fourth-order valence-electron chi connectivity index (χ4n) is 4.05. The van der Waals surface area contributed by atoms with Gasteiger partial charge in [-0.05, 0) is 43.2 Å². The molecule has 3 rings (SSSR count). The number of allylic oxidation sites excluding steroid dienone is 1. The minimum Gasteiger partial charge on any atom is -0.344 e. The van der Waals surface area contributed by atoms with E-state index < -0.39 is 11.6 Å². The number of aryl methyl sites for hydroxylation is 1. The zero-order chi connectivity index (χ0) is 19.8. The fraction of sp³-hybridized carbons (Fsp3) is 0.476. The lowest BCUT2D eigenvalue weighted by Gasteiger charge is -2.29. The van der Waals surface area contributed by atoms with Gasteiger partial charge in [-0.2, -0.15) is 0 Å². The molecule has 2 aromatic rings. The Morgan fingerprint density at radius 2 is 2.00 bits per heavy atom.